The number of nitrogens with one attached hydrogen (secondary N) is 1. The molecule has 1 aromatic heterocycles. The van der Waals surface area contributed by atoms with Crippen LogP contribution in [0.1, 0.15) is 0 Å². The number of fused-ring (bicyclic) bond motifs is 2. The molecule has 0 saturated heterocycles. The van der Waals surface area contributed by atoms with Gasteiger partial charge in [-0.15, -0.1) is 0 Å². The average molecular weight is 342 g/mol. The molecule has 0 atom stereocenters. The summed E-state index contributed by atoms with van der Waals surface area (Å²) in [5.74, 6) is 1.42. The van der Waals surface area contributed by atoms with Gasteiger partial charge in [0.1, 0.15) is 0 Å². The molecule has 0 bridgehead atoms. The molecule has 24 heavy (non-hydrogen) atoms. The molecule has 1 N–H and O–H groups in total. The molecule has 7 heteroatoms. The Labute approximate surface area is 139 Å². The number of ether oxygens (including phenoxy) is 2. The zero-order valence-corrected chi connectivity index (χ0v) is 13.6. The summed E-state index contributed by atoms with van der Waals surface area (Å²) in [6.45, 7) is 0.221. The number of hydrogen-bond donors (Lipinski definition) is 1. The minimum Gasteiger partial charge on any atom is -0.454 e. The van der Waals surface area contributed by atoms with Crippen LogP contribution >= 0.6 is 0 Å². The summed E-state index contributed by atoms with van der Waals surface area (Å²) in [4.78, 5) is 4.34. The summed E-state index contributed by atoms with van der Waals surface area (Å²) in [6, 6.07) is 13.0. The lowest BCUT2D eigenvalue weighted by Crippen LogP contribution is -2.10. The third-order valence-corrected chi connectivity index (χ3v) is 4.34. The van der Waals surface area contributed by atoms with E-state index in [0.29, 0.717) is 17.0 Å². The van der Waals surface area contributed by atoms with Gasteiger partial charge in [0.2, 0.25) is 16.8 Å². The molecule has 0 spiro atoms. The molecule has 1 aliphatic rings. The van der Waals surface area contributed by atoms with Crippen molar-refractivity contribution in [2.24, 2.45) is 0 Å². The van der Waals surface area contributed by atoms with Crippen LogP contribution in [0.25, 0.3) is 22.0 Å². The van der Waals surface area contributed by atoms with Crippen molar-refractivity contribution in [3.63, 3.8) is 0 Å². The van der Waals surface area contributed by atoms with E-state index in [1.807, 2.05) is 36.4 Å². The number of benzene rings is 2. The topological polar surface area (TPSA) is 77.5 Å². The second-order valence-corrected chi connectivity index (χ2v) is 7.25. The van der Waals surface area contributed by atoms with Crippen molar-refractivity contribution >= 4 is 26.6 Å². The van der Waals surface area contributed by atoms with Crippen LogP contribution in [0.3, 0.4) is 0 Å². The van der Waals surface area contributed by atoms with E-state index in [4.69, 9.17) is 9.47 Å². The number of aromatic nitrogens is 1. The highest BCUT2D eigenvalue weighted by molar-refractivity contribution is 7.92. The lowest BCUT2D eigenvalue weighted by Gasteiger charge is -2.12. The summed E-state index contributed by atoms with van der Waals surface area (Å²) in [5, 5.41) is 0.852. The smallest absolute Gasteiger partial charge is 0.231 e. The zero-order chi connectivity index (χ0) is 16.7. The van der Waals surface area contributed by atoms with E-state index in [1.54, 1.807) is 12.3 Å². The van der Waals surface area contributed by atoms with Gasteiger partial charge in [-0.2, -0.15) is 0 Å². The lowest BCUT2D eigenvalue weighted by molar-refractivity contribution is 0.174. The maximum absolute atomic E-state index is 11.6. The van der Waals surface area contributed by atoms with Crippen LogP contribution in [-0.2, 0) is 10.0 Å². The first-order valence-corrected chi connectivity index (χ1v) is 9.16. The first-order valence-electron chi connectivity index (χ1n) is 7.27. The SMILES string of the molecule is CS(=O)(=O)Nc1ccc(-c2ccc3c(c2)OCO3)c2cccnc12. The summed E-state index contributed by atoms with van der Waals surface area (Å²) in [7, 11) is -3.38. The van der Waals surface area contributed by atoms with Crippen molar-refractivity contribution in [1.29, 1.82) is 0 Å². The van der Waals surface area contributed by atoms with Crippen molar-refractivity contribution in [2.75, 3.05) is 17.8 Å². The van der Waals surface area contributed by atoms with Crippen molar-refractivity contribution < 1.29 is 17.9 Å². The van der Waals surface area contributed by atoms with Crippen LogP contribution < -0.4 is 14.2 Å². The Hall–Kier alpha value is -2.80. The largest absolute Gasteiger partial charge is 0.454 e. The Balaban J connectivity index is 1.90. The van der Waals surface area contributed by atoms with Crippen molar-refractivity contribution in [3.8, 4) is 22.6 Å². The standard InChI is InChI=1S/C17H14N2O4S/c1-24(20,21)19-14-6-5-12(13-3-2-8-18-17(13)14)11-4-7-15-16(9-11)23-10-22-15/h2-9,19H,10H2,1H3. The molecule has 0 radical (unpaired) electrons. The Morgan fingerprint density at radius 2 is 1.92 bits per heavy atom. The first kappa shape index (κ1) is 14.8. The number of hydrogen-bond acceptors (Lipinski definition) is 5. The fraction of sp³-hybridized carbons (Fsp3) is 0.118. The molecule has 4 rings (SSSR count). The fourth-order valence-electron chi connectivity index (χ4n) is 2.77. The van der Waals surface area contributed by atoms with Crippen LogP contribution in [-0.4, -0.2) is 26.5 Å². The molecule has 122 valence electrons. The van der Waals surface area contributed by atoms with E-state index in [1.165, 1.54) is 0 Å². The Morgan fingerprint density at radius 3 is 2.75 bits per heavy atom. The third-order valence-electron chi connectivity index (χ3n) is 3.75. The van der Waals surface area contributed by atoms with Crippen molar-refractivity contribution in [1.82, 2.24) is 4.98 Å². The zero-order valence-electron chi connectivity index (χ0n) is 12.8. The average Bonchev–Trinajstić information content (AvgIpc) is 3.01. The van der Waals surface area contributed by atoms with Crippen LogP contribution in [0.4, 0.5) is 5.69 Å². The van der Waals surface area contributed by atoms with Gasteiger partial charge < -0.3 is 9.47 Å². The molecule has 1 aliphatic heterocycles. The van der Waals surface area contributed by atoms with Crippen LogP contribution in [0.5, 0.6) is 11.5 Å². The number of sulfonamides is 1. The summed E-state index contributed by atoms with van der Waals surface area (Å²) in [5.41, 5.74) is 2.94. The molecule has 0 saturated carbocycles. The predicted molar refractivity (Wildman–Crippen MR) is 91.8 cm³/mol. The van der Waals surface area contributed by atoms with Crippen LogP contribution in [0.2, 0.25) is 0 Å². The molecular formula is C17H14N2O4S. The first-order chi connectivity index (χ1) is 11.5. The van der Waals surface area contributed by atoms with Gasteiger partial charge in [-0.3, -0.25) is 9.71 Å². The quantitative estimate of drug-likeness (QED) is 0.792. The molecular weight excluding hydrogens is 328 g/mol. The van der Waals surface area contributed by atoms with Gasteiger partial charge in [-0.25, -0.2) is 8.42 Å². The third kappa shape index (κ3) is 2.63. The summed E-state index contributed by atoms with van der Waals surface area (Å²) < 4.78 is 36.4. The second-order valence-electron chi connectivity index (χ2n) is 5.50. The molecule has 3 aromatic rings. The van der Waals surface area contributed by atoms with Crippen molar-refractivity contribution in [2.45, 2.75) is 0 Å². The van der Waals surface area contributed by atoms with Crippen LogP contribution in [0.15, 0.2) is 48.7 Å². The van der Waals surface area contributed by atoms with Gasteiger partial charge in [-0.1, -0.05) is 18.2 Å². The highest BCUT2D eigenvalue weighted by Crippen LogP contribution is 2.38. The maximum atomic E-state index is 11.6. The fourth-order valence-corrected chi connectivity index (χ4v) is 3.33. The van der Waals surface area contributed by atoms with E-state index in [2.05, 4.69) is 9.71 Å². The number of anilines is 1. The molecule has 0 unspecified atom stereocenters. The van der Waals surface area contributed by atoms with Crippen LogP contribution in [0, 0.1) is 0 Å². The Bertz CT molecular complexity index is 1050. The molecule has 0 fully saturated rings. The van der Waals surface area contributed by atoms with E-state index >= 15 is 0 Å². The van der Waals surface area contributed by atoms with Gasteiger partial charge >= 0.3 is 0 Å². The second kappa shape index (κ2) is 5.38. The van der Waals surface area contributed by atoms with E-state index < -0.39 is 10.0 Å². The van der Waals surface area contributed by atoms with Gasteiger partial charge in [-0.05, 0) is 35.4 Å². The van der Waals surface area contributed by atoms with Gasteiger partial charge in [0.25, 0.3) is 0 Å². The van der Waals surface area contributed by atoms with Gasteiger partial charge in [0.15, 0.2) is 11.5 Å². The monoisotopic (exact) mass is 342 g/mol. The van der Waals surface area contributed by atoms with E-state index in [9.17, 15) is 8.42 Å². The van der Waals surface area contributed by atoms with Crippen molar-refractivity contribution in [3.05, 3.63) is 48.7 Å². The summed E-state index contributed by atoms with van der Waals surface area (Å²) >= 11 is 0. The van der Waals surface area contributed by atoms with E-state index in [-0.39, 0.29) is 6.79 Å². The number of pyridine rings is 1. The molecule has 6 nitrogen and oxygen atoms in total. The molecule has 2 heterocycles. The van der Waals surface area contributed by atoms with E-state index in [0.717, 1.165) is 28.5 Å². The predicted octanol–water partition coefficient (Wildman–Crippen LogP) is 3.00. The normalized spacial score (nSPS) is 13.2. The Kier molecular flexibility index (Phi) is 3.31. The minimum atomic E-state index is -3.38. The Morgan fingerprint density at radius 1 is 1.08 bits per heavy atom. The highest BCUT2D eigenvalue weighted by Gasteiger charge is 2.16. The molecule has 2 aromatic carbocycles. The highest BCUT2D eigenvalue weighted by atomic mass is 32.2. The maximum Gasteiger partial charge on any atom is 0.231 e. The minimum absolute atomic E-state index is 0.221. The summed E-state index contributed by atoms with van der Waals surface area (Å²) in [6.07, 6.45) is 2.76. The molecule has 0 amide bonds. The molecule has 0 aliphatic carbocycles. The number of rotatable bonds is 3. The van der Waals surface area contributed by atoms with Gasteiger partial charge in [0.05, 0.1) is 17.5 Å². The lowest BCUT2D eigenvalue weighted by atomic mass is 9.99. The van der Waals surface area contributed by atoms with Gasteiger partial charge in [0, 0.05) is 11.6 Å². The number of nitrogens with zero attached hydrogens (tertiary/aromatic N) is 1.